The van der Waals surface area contributed by atoms with Gasteiger partial charge in [-0.1, -0.05) is 13.8 Å². The maximum Gasteiger partial charge on any atom is 0.312 e. The number of rotatable bonds is 5. The molecule has 1 aliphatic heterocycles. The normalized spacial score (nSPS) is 13.9. The Hall–Kier alpha value is -2.44. The number of hydrogen-bond acceptors (Lipinski definition) is 4. The number of carbonyl (C=O) groups is 2. The van der Waals surface area contributed by atoms with Crippen molar-refractivity contribution in [1.82, 2.24) is 5.32 Å². The number of nitrogens with one attached hydrogen (secondary N) is 2. The van der Waals surface area contributed by atoms with Gasteiger partial charge in [0, 0.05) is 11.8 Å². The molecule has 1 aliphatic rings. The third-order valence-corrected chi connectivity index (χ3v) is 2.98. The molecule has 0 unspecified atom stereocenters. The minimum atomic E-state index is -0.721. The maximum absolute atomic E-state index is 12.2. The van der Waals surface area contributed by atoms with Crippen LogP contribution in [0.2, 0.25) is 0 Å². The molecule has 1 atom stereocenters. The molecule has 0 fully saturated rings. The van der Waals surface area contributed by atoms with E-state index in [2.05, 4.69) is 10.6 Å². The SMILES string of the molecule is CC(C)C[C@@H](NC(N)=O)C(=O)Nc1ccc2c(c1)OCO2. The van der Waals surface area contributed by atoms with Crippen LogP contribution in [0.3, 0.4) is 0 Å². The van der Waals surface area contributed by atoms with Crippen molar-refractivity contribution in [3.05, 3.63) is 18.2 Å². The third kappa shape index (κ3) is 4.01. The molecule has 1 aromatic rings. The van der Waals surface area contributed by atoms with E-state index in [1.165, 1.54) is 0 Å². The van der Waals surface area contributed by atoms with E-state index >= 15 is 0 Å². The van der Waals surface area contributed by atoms with Gasteiger partial charge in [-0.3, -0.25) is 4.79 Å². The van der Waals surface area contributed by atoms with Crippen LogP contribution in [0.4, 0.5) is 10.5 Å². The summed E-state index contributed by atoms with van der Waals surface area (Å²) in [6.07, 6.45) is 0.499. The highest BCUT2D eigenvalue weighted by atomic mass is 16.7. The number of fused-ring (bicyclic) bond motifs is 1. The molecule has 0 radical (unpaired) electrons. The van der Waals surface area contributed by atoms with Crippen LogP contribution in [0.5, 0.6) is 11.5 Å². The van der Waals surface area contributed by atoms with Crippen LogP contribution < -0.4 is 25.8 Å². The fraction of sp³-hybridized carbons (Fsp3) is 0.429. The number of ether oxygens (including phenoxy) is 2. The third-order valence-electron chi connectivity index (χ3n) is 2.98. The van der Waals surface area contributed by atoms with Gasteiger partial charge in [-0.15, -0.1) is 0 Å². The first-order valence-corrected chi connectivity index (χ1v) is 6.72. The fourth-order valence-corrected chi connectivity index (χ4v) is 2.08. The molecule has 2 rings (SSSR count). The summed E-state index contributed by atoms with van der Waals surface area (Å²) in [7, 11) is 0. The molecular weight excluding hydrogens is 274 g/mol. The van der Waals surface area contributed by atoms with E-state index in [0.29, 0.717) is 23.6 Å². The highest BCUT2D eigenvalue weighted by Crippen LogP contribution is 2.34. The lowest BCUT2D eigenvalue weighted by Gasteiger charge is -2.19. The number of anilines is 1. The van der Waals surface area contributed by atoms with Gasteiger partial charge in [0.15, 0.2) is 11.5 Å². The van der Waals surface area contributed by atoms with E-state index < -0.39 is 12.1 Å². The summed E-state index contributed by atoms with van der Waals surface area (Å²) >= 11 is 0. The summed E-state index contributed by atoms with van der Waals surface area (Å²) in [4.78, 5) is 23.2. The zero-order valence-electron chi connectivity index (χ0n) is 12.0. The van der Waals surface area contributed by atoms with Crippen LogP contribution in [0.15, 0.2) is 18.2 Å². The highest BCUT2D eigenvalue weighted by Gasteiger charge is 2.22. The van der Waals surface area contributed by atoms with Crippen molar-refractivity contribution in [3.63, 3.8) is 0 Å². The van der Waals surface area contributed by atoms with Crippen LogP contribution in [-0.4, -0.2) is 24.8 Å². The first kappa shape index (κ1) is 15.0. The average Bonchev–Trinajstić information content (AvgIpc) is 2.84. The fourth-order valence-electron chi connectivity index (χ4n) is 2.08. The molecule has 7 heteroatoms. The summed E-state index contributed by atoms with van der Waals surface area (Å²) in [5, 5.41) is 5.19. The second-order valence-corrected chi connectivity index (χ2v) is 5.25. The smallest absolute Gasteiger partial charge is 0.312 e. The number of amides is 3. The van der Waals surface area contributed by atoms with Crippen LogP contribution in [0.1, 0.15) is 20.3 Å². The molecule has 3 amide bonds. The van der Waals surface area contributed by atoms with Crippen molar-refractivity contribution >= 4 is 17.6 Å². The molecule has 1 aromatic carbocycles. The summed E-state index contributed by atoms with van der Waals surface area (Å²) in [6, 6.07) is 3.71. The Morgan fingerprint density at radius 1 is 1.29 bits per heavy atom. The molecule has 0 bridgehead atoms. The summed E-state index contributed by atoms with van der Waals surface area (Å²) in [5.41, 5.74) is 5.68. The molecule has 1 heterocycles. The zero-order valence-corrected chi connectivity index (χ0v) is 12.0. The van der Waals surface area contributed by atoms with E-state index in [1.807, 2.05) is 13.8 Å². The molecule has 0 saturated heterocycles. The van der Waals surface area contributed by atoms with Gasteiger partial charge < -0.3 is 25.8 Å². The second kappa shape index (κ2) is 6.34. The van der Waals surface area contributed by atoms with Crippen LogP contribution in [-0.2, 0) is 4.79 Å². The maximum atomic E-state index is 12.2. The Morgan fingerprint density at radius 2 is 2.00 bits per heavy atom. The second-order valence-electron chi connectivity index (χ2n) is 5.25. The van der Waals surface area contributed by atoms with Crippen LogP contribution >= 0.6 is 0 Å². The van der Waals surface area contributed by atoms with Gasteiger partial charge in [0.25, 0.3) is 0 Å². The van der Waals surface area contributed by atoms with Gasteiger partial charge >= 0.3 is 6.03 Å². The van der Waals surface area contributed by atoms with Gasteiger partial charge in [-0.2, -0.15) is 0 Å². The number of hydrogen-bond donors (Lipinski definition) is 3. The summed E-state index contributed by atoms with van der Waals surface area (Å²) in [5.74, 6) is 1.14. The van der Waals surface area contributed by atoms with Crippen molar-refractivity contribution in [2.45, 2.75) is 26.3 Å². The van der Waals surface area contributed by atoms with Gasteiger partial charge in [-0.05, 0) is 24.5 Å². The molecule has 7 nitrogen and oxygen atoms in total. The van der Waals surface area contributed by atoms with E-state index in [1.54, 1.807) is 18.2 Å². The van der Waals surface area contributed by atoms with Crippen molar-refractivity contribution < 1.29 is 19.1 Å². The molecule has 0 spiro atoms. The highest BCUT2D eigenvalue weighted by molar-refractivity contribution is 5.97. The van der Waals surface area contributed by atoms with E-state index in [4.69, 9.17) is 15.2 Å². The van der Waals surface area contributed by atoms with Gasteiger partial charge in [0.2, 0.25) is 12.7 Å². The zero-order chi connectivity index (χ0) is 15.4. The van der Waals surface area contributed by atoms with Crippen molar-refractivity contribution in [3.8, 4) is 11.5 Å². The molecule has 114 valence electrons. The molecule has 0 saturated carbocycles. The monoisotopic (exact) mass is 293 g/mol. The molecule has 21 heavy (non-hydrogen) atoms. The summed E-state index contributed by atoms with van der Waals surface area (Å²) < 4.78 is 10.4. The molecule has 0 aliphatic carbocycles. The van der Waals surface area contributed by atoms with Crippen molar-refractivity contribution in [1.29, 1.82) is 0 Å². The minimum absolute atomic E-state index is 0.173. The van der Waals surface area contributed by atoms with Gasteiger partial charge in [-0.25, -0.2) is 4.79 Å². The lowest BCUT2D eigenvalue weighted by molar-refractivity contribution is -0.118. The Kier molecular flexibility index (Phi) is 4.52. The average molecular weight is 293 g/mol. The number of nitrogens with two attached hydrogens (primary N) is 1. The Labute approximate surface area is 122 Å². The molecule has 0 aromatic heterocycles. The largest absolute Gasteiger partial charge is 0.454 e. The predicted octanol–water partition coefficient (Wildman–Crippen LogP) is 1.44. The van der Waals surface area contributed by atoms with Gasteiger partial charge in [0.05, 0.1) is 0 Å². The number of primary amides is 1. The van der Waals surface area contributed by atoms with Crippen LogP contribution in [0, 0.1) is 5.92 Å². The molecule has 4 N–H and O–H groups in total. The van der Waals surface area contributed by atoms with Crippen molar-refractivity contribution in [2.24, 2.45) is 11.7 Å². The predicted molar refractivity (Wildman–Crippen MR) is 77.2 cm³/mol. The first-order chi connectivity index (χ1) is 9.95. The Bertz CT molecular complexity index is 545. The standard InChI is InChI=1S/C14H19N3O4/c1-8(2)5-10(17-14(15)19)13(18)16-9-3-4-11-12(6-9)21-7-20-11/h3-4,6,8,10H,5,7H2,1-2H3,(H,16,18)(H3,15,17,19)/t10-/m1/s1. The van der Waals surface area contributed by atoms with Gasteiger partial charge in [0.1, 0.15) is 6.04 Å². The topological polar surface area (TPSA) is 103 Å². The summed E-state index contributed by atoms with van der Waals surface area (Å²) in [6.45, 7) is 4.10. The number of carbonyl (C=O) groups excluding carboxylic acids is 2. The van der Waals surface area contributed by atoms with Crippen LogP contribution in [0.25, 0.3) is 0 Å². The lowest BCUT2D eigenvalue weighted by Crippen LogP contribution is -2.46. The quantitative estimate of drug-likeness (QED) is 0.764. The Morgan fingerprint density at radius 3 is 2.67 bits per heavy atom. The molecular formula is C14H19N3O4. The number of benzene rings is 1. The first-order valence-electron chi connectivity index (χ1n) is 6.72. The lowest BCUT2D eigenvalue weighted by atomic mass is 10.0. The minimum Gasteiger partial charge on any atom is -0.454 e. The van der Waals surface area contributed by atoms with E-state index in [9.17, 15) is 9.59 Å². The van der Waals surface area contributed by atoms with Crippen molar-refractivity contribution in [2.75, 3.05) is 12.1 Å². The Balaban J connectivity index is 2.05. The number of urea groups is 1. The van der Waals surface area contributed by atoms with E-state index in [0.717, 1.165) is 0 Å². The van der Waals surface area contributed by atoms with E-state index in [-0.39, 0.29) is 18.6 Å².